The summed E-state index contributed by atoms with van der Waals surface area (Å²) in [6.45, 7) is 4.29. The number of carbonyl (C=O) groups is 1. The Morgan fingerprint density at radius 1 is 1.15 bits per heavy atom. The molecule has 2 aromatic heterocycles. The Balaban J connectivity index is 1.60. The molecular weight excluding hydrogens is 358 g/mol. The van der Waals surface area contributed by atoms with Crippen LogP contribution < -0.4 is 0 Å². The monoisotopic (exact) mass is 381 g/mol. The molecule has 0 bridgehead atoms. The highest BCUT2D eigenvalue weighted by atomic mass is 32.2. The number of hydrogen-bond acceptors (Lipinski definition) is 5. The number of benzene rings is 1. The van der Waals surface area contributed by atoms with E-state index in [-0.39, 0.29) is 5.91 Å². The Bertz CT molecular complexity index is 932. The molecule has 1 aliphatic heterocycles. The number of amides is 1. The van der Waals surface area contributed by atoms with Gasteiger partial charge in [-0.1, -0.05) is 30.0 Å². The van der Waals surface area contributed by atoms with Crippen molar-refractivity contribution >= 4 is 28.6 Å². The Labute approximate surface area is 163 Å². The predicted octanol–water partition coefficient (Wildman–Crippen LogP) is 4.77. The number of aromatic nitrogens is 2. The SMILES string of the molecule is CC1CCCC(C)N1C(=O)CSc1nc(-c2ccco2)nc2ccccc12. The molecule has 4 rings (SSSR count). The van der Waals surface area contributed by atoms with Gasteiger partial charge in [-0.3, -0.25) is 4.79 Å². The van der Waals surface area contributed by atoms with Crippen LogP contribution in [0.3, 0.4) is 0 Å². The average molecular weight is 382 g/mol. The van der Waals surface area contributed by atoms with Gasteiger partial charge in [0.05, 0.1) is 17.5 Å². The van der Waals surface area contributed by atoms with Crippen molar-refractivity contribution in [2.24, 2.45) is 0 Å². The molecule has 1 aromatic carbocycles. The first-order valence-corrected chi connectivity index (χ1v) is 10.4. The summed E-state index contributed by atoms with van der Waals surface area (Å²) in [7, 11) is 0. The summed E-state index contributed by atoms with van der Waals surface area (Å²) < 4.78 is 5.46. The van der Waals surface area contributed by atoms with Crippen LogP contribution in [0.2, 0.25) is 0 Å². The van der Waals surface area contributed by atoms with Crippen molar-refractivity contribution < 1.29 is 9.21 Å². The lowest BCUT2D eigenvalue weighted by Crippen LogP contribution is -2.48. The Hall–Kier alpha value is -2.34. The first-order chi connectivity index (χ1) is 13.1. The summed E-state index contributed by atoms with van der Waals surface area (Å²) in [5.41, 5.74) is 0.855. The van der Waals surface area contributed by atoms with E-state index in [2.05, 4.69) is 23.8 Å². The van der Waals surface area contributed by atoms with E-state index in [4.69, 9.17) is 4.42 Å². The molecule has 0 radical (unpaired) electrons. The van der Waals surface area contributed by atoms with Crippen LogP contribution in [0.15, 0.2) is 52.1 Å². The summed E-state index contributed by atoms with van der Waals surface area (Å²) in [5.74, 6) is 1.75. The van der Waals surface area contributed by atoms with Gasteiger partial charge in [-0.2, -0.15) is 0 Å². The fourth-order valence-corrected chi connectivity index (χ4v) is 4.68. The second kappa shape index (κ2) is 7.72. The number of carbonyl (C=O) groups excluding carboxylic acids is 1. The molecule has 3 aromatic rings. The van der Waals surface area contributed by atoms with E-state index in [1.807, 2.05) is 41.3 Å². The Morgan fingerprint density at radius 3 is 2.67 bits per heavy atom. The van der Waals surface area contributed by atoms with Crippen LogP contribution in [0.25, 0.3) is 22.5 Å². The van der Waals surface area contributed by atoms with Gasteiger partial charge in [-0.15, -0.1) is 0 Å². The number of fused-ring (bicyclic) bond motifs is 1. The first kappa shape index (κ1) is 18.0. The normalized spacial score (nSPS) is 20.1. The predicted molar refractivity (Wildman–Crippen MR) is 108 cm³/mol. The van der Waals surface area contributed by atoms with Gasteiger partial charge >= 0.3 is 0 Å². The Morgan fingerprint density at radius 2 is 1.93 bits per heavy atom. The van der Waals surface area contributed by atoms with Crippen molar-refractivity contribution in [3.05, 3.63) is 42.7 Å². The topological polar surface area (TPSA) is 59.2 Å². The first-order valence-electron chi connectivity index (χ1n) is 9.38. The van der Waals surface area contributed by atoms with E-state index >= 15 is 0 Å². The maximum atomic E-state index is 12.9. The lowest BCUT2D eigenvalue weighted by Gasteiger charge is -2.39. The molecule has 0 aliphatic carbocycles. The van der Waals surface area contributed by atoms with Crippen LogP contribution >= 0.6 is 11.8 Å². The highest BCUT2D eigenvalue weighted by molar-refractivity contribution is 8.00. The van der Waals surface area contributed by atoms with Crippen molar-refractivity contribution in [1.82, 2.24) is 14.9 Å². The lowest BCUT2D eigenvalue weighted by molar-refractivity contribution is -0.134. The minimum absolute atomic E-state index is 0.182. The summed E-state index contributed by atoms with van der Waals surface area (Å²) in [6.07, 6.45) is 4.98. The molecule has 2 unspecified atom stereocenters. The number of thioether (sulfide) groups is 1. The van der Waals surface area contributed by atoms with Crippen molar-refractivity contribution in [3.63, 3.8) is 0 Å². The molecule has 3 heterocycles. The zero-order chi connectivity index (χ0) is 18.8. The third-order valence-corrected chi connectivity index (χ3v) is 6.10. The molecule has 0 N–H and O–H groups in total. The summed E-state index contributed by atoms with van der Waals surface area (Å²) in [5, 5.41) is 1.78. The highest BCUT2D eigenvalue weighted by Gasteiger charge is 2.28. The molecular formula is C21H23N3O2S. The van der Waals surface area contributed by atoms with Gasteiger partial charge in [0.2, 0.25) is 5.91 Å². The minimum Gasteiger partial charge on any atom is -0.461 e. The number of furan rings is 1. The highest BCUT2D eigenvalue weighted by Crippen LogP contribution is 2.30. The molecule has 140 valence electrons. The van der Waals surface area contributed by atoms with E-state index in [1.165, 1.54) is 18.2 Å². The quantitative estimate of drug-likeness (QED) is 0.481. The van der Waals surface area contributed by atoms with E-state index in [0.29, 0.717) is 29.4 Å². The molecule has 1 fully saturated rings. The fraction of sp³-hybridized carbons (Fsp3) is 0.381. The molecule has 6 heteroatoms. The second-order valence-electron chi connectivity index (χ2n) is 7.07. The Kier molecular flexibility index (Phi) is 5.16. The molecule has 1 saturated heterocycles. The van der Waals surface area contributed by atoms with E-state index < -0.39 is 0 Å². The number of piperidine rings is 1. The van der Waals surface area contributed by atoms with Crippen molar-refractivity contribution in [3.8, 4) is 11.6 Å². The van der Waals surface area contributed by atoms with Crippen LogP contribution in [-0.4, -0.2) is 38.6 Å². The number of likely N-dealkylation sites (tertiary alicyclic amines) is 1. The standard InChI is InChI=1S/C21H23N3O2S/c1-14-7-5-8-15(2)24(14)19(25)13-27-21-16-9-3-4-10-17(16)22-20(23-21)18-11-6-12-26-18/h3-4,6,9-12,14-15H,5,7-8,13H2,1-2H3. The fourth-order valence-electron chi connectivity index (χ4n) is 3.79. The van der Waals surface area contributed by atoms with Gasteiger partial charge in [0.25, 0.3) is 0 Å². The zero-order valence-corrected chi connectivity index (χ0v) is 16.4. The van der Waals surface area contributed by atoms with Crippen LogP contribution in [0.5, 0.6) is 0 Å². The molecule has 2 atom stereocenters. The number of rotatable bonds is 4. The summed E-state index contributed by atoms with van der Waals surface area (Å²) in [4.78, 5) is 24.2. The largest absolute Gasteiger partial charge is 0.461 e. The number of para-hydroxylation sites is 1. The van der Waals surface area contributed by atoms with Crippen LogP contribution in [0, 0.1) is 0 Å². The third-order valence-electron chi connectivity index (χ3n) is 5.12. The molecule has 0 saturated carbocycles. The maximum absolute atomic E-state index is 12.9. The molecule has 27 heavy (non-hydrogen) atoms. The lowest BCUT2D eigenvalue weighted by atomic mass is 9.98. The number of nitrogens with zero attached hydrogens (tertiary/aromatic N) is 3. The van der Waals surface area contributed by atoms with Crippen molar-refractivity contribution in [2.75, 3.05) is 5.75 Å². The van der Waals surface area contributed by atoms with Crippen LogP contribution in [-0.2, 0) is 4.79 Å². The van der Waals surface area contributed by atoms with E-state index in [0.717, 1.165) is 28.8 Å². The van der Waals surface area contributed by atoms with Gasteiger partial charge in [0.15, 0.2) is 11.6 Å². The molecule has 1 amide bonds. The molecule has 1 aliphatic rings. The minimum atomic E-state index is 0.182. The second-order valence-corrected chi connectivity index (χ2v) is 8.03. The average Bonchev–Trinajstić information content (AvgIpc) is 3.20. The number of hydrogen-bond donors (Lipinski definition) is 0. The maximum Gasteiger partial charge on any atom is 0.233 e. The van der Waals surface area contributed by atoms with Crippen LogP contribution in [0.1, 0.15) is 33.1 Å². The van der Waals surface area contributed by atoms with Gasteiger partial charge in [0.1, 0.15) is 5.03 Å². The smallest absolute Gasteiger partial charge is 0.233 e. The van der Waals surface area contributed by atoms with Gasteiger partial charge in [-0.05, 0) is 51.3 Å². The van der Waals surface area contributed by atoms with Crippen molar-refractivity contribution in [1.29, 1.82) is 0 Å². The van der Waals surface area contributed by atoms with E-state index in [1.54, 1.807) is 6.26 Å². The van der Waals surface area contributed by atoms with Gasteiger partial charge in [-0.25, -0.2) is 9.97 Å². The summed E-state index contributed by atoms with van der Waals surface area (Å²) in [6, 6.07) is 12.2. The molecule has 5 nitrogen and oxygen atoms in total. The van der Waals surface area contributed by atoms with Crippen LogP contribution in [0.4, 0.5) is 0 Å². The van der Waals surface area contributed by atoms with Crippen molar-refractivity contribution in [2.45, 2.75) is 50.2 Å². The third kappa shape index (κ3) is 3.72. The van der Waals surface area contributed by atoms with E-state index in [9.17, 15) is 4.79 Å². The van der Waals surface area contributed by atoms with Gasteiger partial charge < -0.3 is 9.32 Å². The molecule has 0 spiro atoms. The van der Waals surface area contributed by atoms with Gasteiger partial charge in [0, 0.05) is 17.5 Å². The zero-order valence-electron chi connectivity index (χ0n) is 15.6. The summed E-state index contributed by atoms with van der Waals surface area (Å²) >= 11 is 1.48.